The van der Waals surface area contributed by atoms with Crippen LogP contribution in [-0.4, -0.2) is 16.9 Å². The van der Waals surface area contributed by atoms with Crippen molar-refractivity contribution in [3.05, 3.63) is 45.5 Å². The summed E-state index contributed by atoms with van der Waals surface area (Å²) < 4.78 is 0.887. The summed E-state index contributed by atoms with van der Waals surface area (Å²) in [4.78, 5) is 12.4. The minimum atomic E-state index is -0.673. The Balaban J connectivity index is 2.50. The van der Waals surface area contributed by atoms with Crippen molar-refractivity contribution >= 4 is 27.4 Å². The second-order valence-electron chi connectivity index (χ2n) is 4.76. The summed E-state index contributed by atoms with van der Waals surface area (Å²) in [5.41, 5.74) is 14.3. The molecule has 1 aliphatic carbocycles. The molecule has 1 aromatic rings. The Morgan fingerprint density at radius 3 is 2.80 bits per heavy atom. The number of halogens is 1. The first-order chi connectivity index (χ1) is 9.45. The van der Waals surface area contributed by atoms with E-state index in [1.807, 2.05) is 19.1 Å². The van der Waals surface area contributed by atoms with E-state index < -0.39 is 6.04 Å². The van der Waals surface area contributed by atoms with Gasteiger partial charge in [0.25, 0.3) is 0 Å². The lowest BCUT2D eigenvalue weighted by molar-refractivity contribution is 0.0974. The maximum atomic E-state index is 12.4. The van der Waals surface area contributed by atoms with Crippen molar-refractivity contribution in [3.63, 3.8) is 0 Å². The van der Waals surface area contributed by atoms with Crippen molar-refractivity contribution in [3.8, 4) is 5.75 Å². The molecule has 4 nitrogen and oxygen atoms in total. The smallest absolute Gasteiger partial charge is 0.184 e. The molecule has 5 heteroatoms. The van der Waals surface area contributed by atoms with E-state index in [4.69, 9.17) is 11.5 Å². The monoisotopic (exact) mass is 336 g/mol. The molecule has 0 amide bonds. The molecule has 1 atom stereocenters. The first kappa shape index (κ1) is 14.8. The Morgan fingerprint density at radius 2 is 2.15 bits per heavy atom. The van der Waals surface area contributed by atoms with Crippen LogP contribution in [0.15, 0.2) is 34.3 Å². The Labute approximate surface area is 126 Å². The molecule has 1 aromatic carbocycles. The summed E-state index contributed by atoms with van der Waals surface area (Å²) in [6, 6.07) is 2.36. The molecule has 0 fully saturated rings. The van der Waals surface area contributed by atoms with Crippen LogP contribution in [0.2, 0.25) is 0 Å². The van der Waals surface area contributed by atoms with Gasteiger partial charge in [-0.3, -0.25) is 4.79 Å². The number of carbonyl (C=O) groups excluding carboxylic acids is 1. The van der Waals surface area contributed by atoms with E-state index in [-0.39, 0.29) is 17.2 Å². The zero-order valence-electron chi connectivity index (χ0n) is 11.2. The number of Topliss-reactive ketones (excluding diaryl/α,β-unsaturated/α-hetero) is 1. The van der Waals surface area contributed by atoms with Gasteiger partial charge in [-0.05, 0) is 49.1 Å². The highest BCUT2D eigenvalue weighted by molar-refractivity contribution is 9.11. The van der Waals surface area contributed by atoms with Crippen LogP contribution < -0.4 is 11.5 Å². The number of ketones is 1. The van der Waals surface area contributed by atoms with E-state index >= 15 is 0 Å². The van der Waals surface area contributed by atoms with Crippen LogP contribution >= 0.6 is 15.9 Å². The van der Waals surface area contributed by atoms with Crippen molar-refractivity contribution < 1.29 is 9.90 Å². The highest BCUT2D eigenvalue weighted by Gasteiger charge is 2.27. The maximum absolute atomic E-state index is 12.4. The Hall–Kier alpha value is -1.59. The lowest BCUT2D eigenvalue weighted by Gasteiger charge is -2.12. The highest BCUT2D eigenvalue weighted by Crippen LogP contribution is 2.33. The van der Waals surface area contributed by atoms with E-state index in [0.717, 1.165) is 10.1 Å². The molecule has 1 unspecified atom stereocenters. The SMILES string of the molecule is C/C=C(Br)\C=C1\CCc2c(ccc(O)c2N)C(=O)C1N. The third kappa shape index (κ3) is 2.64. The Kier molecular flexibility index (Phi) is 4.30. The van der Waals surface area contributed by atoms with Gasteiger partial charge in [-0.25, -0.2) is 0 Å². The molecular formula is C15H17BrN2O2. The Morgan fingerprint density at radius 1 is 1.45 bits per heavy atom. The molecule has 0 radical (unpaired) electrons. The van der Waals surface area contributed by atoms with Crippen molar-refractivity contribution in [1.82, 2.24) is 0 Å². The number of phenols is 1. The van der Waals surface area contributed by atoms with Gasteiger partial charge < -0.3 is 16.6 Å². The van der Waals surface area contributed by atoms with Gasteiger partial charge in [-0.15, -0.1) is 0 Å². The second-order valence-corrected chi connectivity index (χ2v) is 5.67. The Bertz CT molecular complexity index is 621. The number of hydrogen-bond donors (Lipinski definition) is 3. The molecule has 0 aliphatic heterocycles. The number of nitrogen functional groups attached to an aromatic ring is 1. The highest BCUT2D eigenvalue weighted by atomic mass is 79.9. The molecule has 106 valence electrons. The fourth-order valence-electron chi connectivity index (χ4n) is 2.34. The fraction of sp³-hybridized carbons (Fsp3) is 0.267. The average molecular weight is 337 g/mol. The van der Waals surface area contributed by atoms with Gasteiger partial charge in [0.15, 0.2) is 5.78 Å². The third-order valence-electron chi connectivity index (χ3n) is 3.54. The number of phenolic OH excluding ortho intramolecular Hbond substituents is 1. The van der Waals surface area contributed by atoms with E-state index in [9.17, 15) is 9.90 Å². The van der Waals surface area contributed by atoms with Crippen molar-refractivity contribution in [2.45, 2.75) is 25.8 Å². The summed E-state index contributed by atoms with van der Waals surface area (Å²) in [6.07, 6.45) is 4.99. The van der Waals surface area contributed by atoms with Crippen LogP contribution in [0.3, 0.4) is 0 Å². The molecule has 0 saturated heterocycles. The number of benzene rings is 1. The van der Waals surface area contributed by atoms with E-state index in [1.54, 1.807) is 6.07 Å². The molecule has 0 saturated carbocycles. The minimum Gasteiger partial charge on any atom is -0.506 e. The largest absolute Gasteiger partial charge is 0.506 e. The molecule has 0 aromatic heterocycles. The number of fused-ring (bicyclic) bond motifs is 1. The van der Waals surface area contributed by atoms with E-state index in [0.29, 0.717) is 24.0 Å². The van der Waals surface area contributed by atoms with Crippen molar-refractivity contribution in [1.29, 1.82) is 0 Å². The topological polar surface area (TPSA) is 89.3 Å². The second kappa shape index (κ2) is 5.81. The quantitative estimate of drug-likeness (QED) is 0.418. The van der Waals surface area contributed by atoms with Crippen LogP contribution in [-0.2, 0) is 6.42 Å². The molecule has 2 rings (SSSR count). The number of hydrogen-bond acceptors (Lipinski definition) is 4. The van der Waals surface area contributed by atoms with Gasteiger partial charge in [-0.2, -0.15) is 0 Å². The molecular weight excluding hydrogens is 320 g/mol. The number of carbonyl (C=O) groups is 1. The standard InChI is InChI=1S/C15H17BrN2O2/c1-2-9(16)7-8-3-4-10-11(15(20)13(8)17)5-6-12(19)14(10)18/h2,5-7,13,19H,3-4,17-18H2,1H3/b8-7-,9-2+. The van der Waals surface area contributed by atoms with Gasteiger partial charge in [-0.1, -0.05) is 22.0 Å². The third-order valence-corrected chi connectivity index (χ3v) is 4.23. The summed E-state index contributed by atoms with van der Waals surface area (Å²) >= 11 is 3.40. The number of anilines is 1. The van der Waals surface area contributed by atoms with E-state index in [1.165, 1.54) is 6.07 Å². The van der Waals surface area contributed by atoms with Crippen LogP contribution in [0.1, 0.15) is 29.3 Å². The molecule has 1 aliphatic rings. The normalized spacial score (nSPS) is 21.8. The predicted molar refractivity (Wildman–Crippen MR) is 83.9 cm³/mol. The minimum absolute atomic E-state index is 0.00665. The van der Waals surface area contributed by atoms with Crippen LogP contribution in [0.4, 0.5) is 5.69 Å². The summed E-state index contributed by atoms with van der Waals surface area (Å²) in [6.45, 7) is 1.90. The predicted octanol–water partition coefficient (Wildman–Crippen LogP) is 2.66. The molecule has 0 spiro atoms. The van der Waals surface area contributed by atoms with Gasteiger partial charge in [0, 0.05) is 10.0 Å². The molecule has 0 heterocycles. The van der Waals surface area contributed by atoms with Crippen LogP contribution in [0, 0.1) is 0 Å². The van der Waals surface area contributed by atoms with E-state index in [2.05, 4.69) is 15.9 Å². The first-order valence-corrected chi connectivity index (χ1v) is 7.17. The van der Waals surface area contributed by atoms with Gasteiger partial charge in [0.1, 0.15) is 5.75 Å². The lowest BCUT2D eigenvalue weighted by Crippen LogP contribution is -2.31. The number of rotatable bonds is 1. The summed E-state index contributed by atoms with van der Waals surface area (Å²) in [5.74, 6) is -0.154. The fourth-order valence-corrected chi connectivity index (χ4v) is 2.63. The lowest BCUT2D eigenvalue weighted by atomic mass is 9.98. The summed E-state index contributed by atoms with van der Waals surface area (Å²) in [7, 11) is 0. The van der Waals surface area contributed by atoms with Gasteiger partial charge >= 0.3 is 0 Å². The van der Waals surface area contributed by atoms with Gasteiger partial charge in [0.2, 0.25) is 0 Å². The molecule has 0 bridgehead atoms. The van der Waals surface area contributed by atoms with Crippen LogP contribution in [0.25, 0.3) is 0 Å². The zero-order valence-corrected chi connectivity index (χ0v) is 12.8. The van der Waals surface area contributed by atoms with Crippen molar-refractivity contribution in [2.24, 2.45) is 5.73 Å². The number of allylic oxidation sites excluding steroid dienone is 3. The number of aromatic hydroxyl groups is 1. The molecule has 20 heavy (non-hydrogen) atoms. The molecule has 5 N–H and O–H groups in total. The zero-order chi connectivity index (χ0) is 14.9. The summed E-state index contributed by atoms with van der Waals surface area (Å²) in [5, 5.41) is 9.67. The van der Waals surface area contributed by atoms with Gasteiger partial charge in [0.05, 0.1) is 11.7 Å². The number of nitrogens with two attached hydrogens (primary N) is 2. The first-order valence-electron chi connectivity index (χ1n) is 6.38. The van der Waals surface area contributed by atoms with Crippen molar-refractivity contribution in [2.75, 3.05) is 5.73 Å². The average Bonchev–Trinajstić information content (AvgIpc) is 2.55. The maximum Gasteiger partial charge on any atom is 0.184 e. The van der Waals surface area contributed by atoms with Crippen LogP contribution in [0.5, 0.6) is 5.75 Å².